The van der Waals surface area contributed by atoms with Crippen molar-refractivity contribution in [3.05, 3.63) is 29.8 Å². The molecule has 1 N–H and O–H groups in total. The Labute approximate surface area is 159 Å². The van der Waals surface area contributed by atoms with Gasteiger partial charge < -0.3 is 33.5 Å². The van der Waals surface area contributed by atoms with Gasteiger partial charge in [0.1, 0.15) is 42.4 Å². The summed E-state index contributed by atoms with van der Waals surface area (Å²) in [6.45, 7) is 7.71. The SMILES string of the molecule is COc1ccc(COC2[C@H]3OC(C)(C)O[C@@H]3C(O)[C@@H]3OC(C)(C)O[C@H]23)cc1. The Morgan fingerprint density at radius 2 is 1.33 bits per heavy atom. The van der Waals surface area contributed by atoms with Crippen molar-refractivity contribution >= 4 is 0 Å². The molecule has 150 valence electrons. The molecule has 0 radical (unpaired) electrons. The lowest BCUT2D eigenvalue weighted by molar-refractivity contribution is -0.190. The van der Waals surface area contributed by atoms with Gasteiger partial charge >= 0.3 is 0 Å². The van der Waals surface area contributed by atoms with Crippen LogP contribution in [0.15, 0.2) is 24.3 Å². The number of aliphatic hydroxyl groups excluding tert-OH is 1. The average molecular weight is 380 g/mol. The van der Waals surface area contributed by atoms with Gasteiger partial charge in [0.05, 0.1) is 13.7 Å². The highest BCUT2D eigenvalue weighted by molar-refractivity contribution is 5.26. The van der Waals surface area contributed by atoms with Gasteiger partial charge in [-0.1, -0.05) is 12.1 Å². The maximum atomic E-state index is 10.8. The van der Waals surface area contributed by atoms with E-state index in [0.29, 0.717) is 6.61 Å². The number of methoxy groups -OCH3 is 1. The predicted molar refractivity (Wildman–Crippen MR) is 95.2 cm³/mol. The zero-order chi connectivity index (χ0) is 19.4. The van der Waals surface area contributed by atoms with E-state index in [2.05, 4.69) is 0 Å². The quantitative estimate of drug-likeness (QED) is 0.856. The van der Waals surface area contributed by atoms with Gasteiger partial charge in [-0.15, -0.1) is 0 Å². The van der Waals surface area contributed by atoms with Crippen LogP contribution in [-0.2, 0) is 30.3 Å². The molecule has 3 aliphatic rings. The van der Waals surface area contributed by atoms with Gasteiger partial charge in [0.2, 0.25) is 0 Å². The Morgan fingerprint density at radius 1 is 0.852 bits per heavy atom. The first-order valence-corrected chi connectivity index (χ1v) is 9.33. The van der Waals surface area contributed by atoms with Crippen LogP contribution in [0.3, 0.4) is 0 Å². The van der Waals surface area contributed by atoms with Gasteiger partial charge in [-0.3, -0.25) is 0 Å². The molecule has 2 heterocycles. The Bertz CT molecular complexity index is 639. The standard InChI is InChI=1S/C20H28O7/c1-19(2)24-14-13(21)15-18(27-20(3,4)25-15)16(17(14)26-19)23-10-11-6-8-12(22-5)9-7-11/h6-9,13-18,21H,10H2,1-5H3/t13?,14-,15+,16?,17-,18-/m0/s1. The van der Waals surface area contributed by atoms with Crippen molar-refractivity contribution < 1.29 is 33.5 Å². The number of ether oxygens (including phenoxy) is 6. The first-order valence-electron chi connectivity index (χ1n) is 9.33. The van der Waals surface area contributed by atoms with Crippen molar-refractivity contribution in [2.75, 3.05) is 7.11 Å². The number of hydrogen-bond donors (Lipinski definition) is 1. The predicted octanol–water partition coefficient (Wildman–Crippen LogP) is 2.00. The summed E-state index contributed by atoms with van der Waals surface area (Å²) in [5.41, 5.74) is 1.01. The highest BCUT2D eigenvalue weighted by Gasteiger charge is 2.63. The topological polar surface area (TPSA) is 75.6 Å². The zero-order valence-corrected chi connectivity index (χ0v) is 16.4. The van der Waals surface area contributed by atoms with Gasteiger partial charge in [-0.25, -0.2) is 0 Å². The smallest absolute Gasteiger partial charge is 0.164 e. The summed E-state index contributed by atoms with van der Waals surface area (Å²) in [6, 6.07) is 7.70. The van der Waals surface area contributed by atoms with E-state index in [1.807, 2.05) is 52.0 Å². The first kappa shape index (κ1) is 19.1. The Kier molecular flexibility index (Phi) is 4.73. The molecule has 3 fully saturated rings. The van der Waals surface area contributed by atoms with Crippen LogP contribution in [0.1, 0.15) is 33.3 Å². The number of hydrogen-bond acceptors (Lipinski definition) is 7. The maximum absolute atomic E-state index is 10.8. The van der Waals surface area contributed by atoms with Crippen LogP contribution in [-0.4, -0.2) is 60.4 Å². The van der Waals surface area contributed by atoms with Crippen LogP contribution < -0.4 is 4.74 Å². The first-order chi connectivity index (χ1) is 12.7. The molecule has 27 heavy (non-hydrogen) atoms. The van der Waals surface area contributed by atoms with Crippen molar-refractivity contribution in [2.45, 2.75) is 82.5 Å². The Balaban J connectivity index is 1.55. The zero-order valence-electron chi connectivity index (χ0n) is 16.4. The van der Waals surface area contributed by atoms with Crippen molar-refractivity contribution in [3.8, 4) is 5.75 Å². The number of benzene rings is 1. The third kappa shape index (κ3) is 3.60. The Morgan fingerprint density at radius 3 is 1.81 bits per heavy atom. The molecule has 1 aromatic rings. The molecule has 2 unspecified atom stereocenters. The molecule has 1 saturated carbocycles. The highest BCUT2D eigenvalue weighted by atomic mass is 16.8. The van der Waals surface area contributed by atoms with Crippen LogP contribution in [0, 0.1) is 0 Å². The largest absolute Gasteiger partial charge is 0.497 e. The van der Waals surface area contributed by atoms with E-state index in [4.69, 9.17) is 28.4 Å². The fourth-order valence-corrected chi connectivity index (χ4v) is 4.15. The number of fused-ring (bicyclic) bond motifs is 2. The van der Waals surface area contributed by atoms with Crippen LogP contribution in [0.25, 0.3) is 0 Å². The number of rotatable bonds is 4. The van der Waals surface area contributed by atoms with Crippen LogP contribution in [0.5, 0.6) is 5.75 Å². The summed E-state index contributed by atoms with van der Waals surface area (Å²) < 4.78 is 35.5. The van der Waals surface area contributed by atoms with Crippen molar-refractivity contribution in [1.29, 1.82) is 0 Å². The lowest BCUT2D eigenvalue weighted by Crippen LogP contribution is -2.62. The van der Waals surface area contributed by atoms with Crippen LogP contribution >= 0.6 is 0 Å². The fraction of sp³-hybridized carbons (Fsp3) is 0.700. The molecule has 0 aromatic heterocycles. The van der Waals surface area contributed by atoms with E-state index in [0.717, 1.165) is 11.3 Å². The molecular weight excluding hydrogens is 352 g/mol. The second kappa shape index (κ2) is 6.69. The molecule has 0 bridgehead atoms. The molecule has 2 saturated heterocycles. The van der Waals surface area contributed by atoms with Crippen LogP contribution in [0.2, 0.25) is 0 Å². The molecule has 1 aliphatic carbocycles. The van der Waals surface area contributed by atoms with E-state index >= 15 is 0 Å². The molecule has 0 spiro atoms. The monoisotopic (exact) mass is 380 g/mol. The molecule has 7 heteroatoms. The maximum Gasteiger partial charge on any atom is 0.164 e. The van der Waals surface area contributed by atoms with E-state index < -0.39 is 48.2 Å². The lowest BCUT2D eigenvalue weighted by atomic mass is 9.85. The summed E-state index contributed by atoms with van der Waals surface area (Å²) in [5.74, 6) is -0.804. The molecule has 4 rings (SSSR count). The van der Waals surface area contributed by atoms with Crippen LogP contribution in [0.4, 0.5) is 0 Å². The second-order valence-electron chi connectivity index (χ2n) is 8.24. The van der Waals surface area contributed by atoms with Gasteiger partial charge in [0.15, 0.2) is 11.6 Å². The fourth-order valence-electron chi connectivity index (χ4n) is 4.15. The molecule has 6 atom stereocenters. The summed E-state index contributed by atoms with van der Waals surface area (Å²) in [6.07, 6.45) is -3.20. The van der Waals surface area contributed by atoms with Crippen molar-refractivity contribution in [2.24, 2.45) is 0 Å². The summed E-state index contributed by atoms with van der Waals surface area (Å²) >= 11 is 0. The van der Waals surface area contributed by atoms with Crippen molar-refractivity contribution in [1.82, 2.24) is 0 Å². The van der Waals surface area contributed by atoms with Gasteiger partial charge in [-0.2, -0.15) is 0 Å². The Hall–Kier alpha value is -1.22. The van der Waals surface area contributed by atoms with Gasteiger partial charge in [0.25, 0.3) is 0 Å². The molecule has 7 nitrogen and oxygen atoms in total. The van der Waals surface area contributed by atoms with E-state index in [1.54, 1.807) is 7.11 Å². The summed E-state index contributed by atoms with van der Waals surface area (Å²) in [5, 5.41) is 10.8. The second-order valence-corrected chi connectivity index (χ2v) is 8.24. The van der Waals surface area contributed by atoms with Crippen molar-refractivity contribution in [3.63, 3.8) is 0 Å². The van der Waals surface area contributed by atoms with Gasteiger partial charge in [-0.05, 0) is 45.4 Å². The molecule has 1 aromatic carbocycles. The summed E-state index contributed by atoms with van der Waals surface area (Å²) in [7, 11) is 1.64. The lowest BCUT2D eigenvalue weighted by Gasteiger charge is -2.40. The molecule has 2 aliphatic heterocycles. The third-order valence-electron chi connectivity index (χ3n) is 5.25. The summed E-state index contributed by atoms with van der Waals surface area (Å²) in [4.78, 5) is 0. The highest BCUT2D eigenvalue weighted by Crippen LogP contribution is 2.45. The van der Waals surface area contributed by atoms with E-state index in [1.165, 1.54) is 0 Å². The molecular formula is C20H28O7. The number of aliphatic hydroxyl groups is 1. The average Bonchev–Trinajstić information content (AvgIpc) is 3.11. The minimum atomic E-state index is -0.843. The molecule has 0 amide bonds. The van der Waals surface area contributed by atoms with Gasteiger partial charge in [0, 0.05) is 0 Å². The normalized spacial score (nSPS) is 39.0. The minimum Gasteiger partial charge on any atom is -0.497 e. The van der Waals surface area contributed by atoms with E-state index in [9.17, 15) is 5.11 Å². The third-order valence-corrected chi connectivity index (χ3v) is 5.25. The van der Waals surface area contributed by atoms with E-state index in [-0.39, 0.29) is 0 Å². The minimum absolute atomic E-state index is 0.380.